The number of para-hydroxylation sites is 1. The van der Waals surface area contributed by atoms with Gasteiger partial charge in [-0.3, -0.25) is 4.79 Å². The van der Waals surface area contributed by atoms with Crippen LogP contribution in [0.2, 0.25) is 0 Å². The molecule has 0 radical (unpaired) electrons. The topological polar surface area (TPSA) is 59.8 Å². The van der Waals surface area contributed by atoms with Gasteiger partial charge in [-0.25, -0.2) is 0 Å². The second-order valence-corrected chi connectivity index (χ2v) is 5.35. The Hall–Kier alpha value is -3.47. The first-order chi connectivity index (χ1) is 11.8. The van der Waals surface area contributed by atoms with Crippen molar-refractivity contribution in [2.75, 3.05) is 5.32 Å². The molecular weight excluding hydrogens is 300 g/mol. The van der Waals surface area contributed by atoms with Gasteiger partial charge in [-0.1, -0.05) is 36.4 Å². The van der Waals surface area contributed by atoms with E-state index in [1.807, 2.05) is 66.7 Å². The van der Waals surface area contributed by atoms with Gasteiger partial charge in [0.15, 0.2) is 0 Å². The number of amides is 1. The van der Waals surface area contributed by atoms with Crippen LogP contribution in [-0.4, -0.2) is 20.9 Å². The molecule has 1 amide bonds. The molecule has 0 fully saturated rings. The van der Waals surface area contributed by atoms with Crippen LogP contribution in [0.3, 0.4) is 0 Å². The molecule has 1 aromatic heterocycles. The lowest BCUT2D eigenvalue weighted by Crippen LogP contribution is -2.11. The molecule has 0 aliphatic rings. The molecule has 24 heavy (non-hydrogen) atoms. The molecule has 116 valence electrons. The number of hydrogen-bond donors (Lipinski definition) is 1. The number of carbonyl (C=O) groups excluding carboxylic acids is 1. The predicted molar refractivity (Wildman–Crippen MR) is 93.3 cm³/mol. The summed E-state index contributed by atoms with van der Waals surface area (Å²) in [7, 11) is 0. The van der Waals surface area contributed by atoms with Crippen molar-refractivity contribution in [1.29, 1.82) is 0 Å². The van der Waals surface area contributed by atoms with Crippen LogP contribution >= 0.6 is 0 Å². The fourth-order valence-electron chi connectivity index (χ4n) is 2.46. The van der Waals surface area contributed by atoms with Crippen molar-refractivity contribution in [3.8, 4) is 5.69 Å². The molecule has 1 N–H and O–H groups in total. The van der Waals surface area contributed by atoms with Gasteiger partial charge >= 0.3 is 0 Å². The molecule has 4 rings (SSSR count). The van der Waals surface area contributed by atoms with Gasteiger partial charge in [-0.15, -0.1) is 10.2 Å². The molecule has 4 aromatic rings. The second-order valence-electron chi connectivity index (χ2n) is 5.35. The summed E-state index contributed by atoms with van der Waals surface area (Å²) in [6, 6.07) is 24.3. The summed E-state index contributed by atoms with van der Waals surface area (Å²) in [5.74, 6) is -0.148. The maximum absolute atomic E-state index is 12.2. The van der Waals surface area contributed by atoms with E-state index in [0.717, 1.165) is 16.7 Å². The van der Waals surface area contributed by atoms with Crippen molar-refractivity contribution in [1.82, 2.24) is 15.0 Å². The smallest absolute Gasteiger partial charge is 0.255 e. The first-order valence-electron chi connectivity index (χ1n) is 7.58. The summed E-state index contributed by atoms with van der Waals surface area (Å²) >= 11 is 0. The minimum absolute atomic E-state index is 0.148. The van der Waals surface area contributed by atoms with Gasteiger partial charge < -0.3 is 5.32 Å². The molecule has 0 aliphatic heterocycles. The molecule has 5 heteroatoms. The van der Waals surface area contributed by atoms with Crippen LogP contribution in [-0.2, 0) is 0 Å². The molecule has 0 spiro atoms. The largest absolute Gasteiger partial charge is 0.322 e. The van der Waals surface area contributed by atoms with Gasteiger partial charge in [0.05, 0.1) is 5.69 Å². The number of anilines is 1. The highest BCUT2D eigenvalue weighted by Crippen LogP contribution is 2.18. The highest BCUT2D eigenvalue weighted by Gasteiger charge is 2.08. The fourth-order valence-corrected chi connectivity index (χ4v) is 2.46. The lowest BCUT2D eigenvalue weighted by Gasteiger charge is -2.04. The Labute approximate surface area is 138 Å². The van der Waals surface area contributed by atoms with Gasteiger partial charge in [0.2, 0.25) is 0 Å². The SMILES string of the molecule is O=C(Nc1ccc2nn(-c3ccccc3)nc2c1)c1ccccc1. The molecule has 3 aromatic carbocycles. The predicted octanol–water partition coefficient (Wildman–Crippen LogP) is 3.67. The summed E-state index contributed by atoms with van der Waals surface area (Å²) in [6.45, 7) is 0. The van der Waals surface area contributed by atoms with Crippen molar-refractivity contribution in [3.63, 3.8) is 0 Å². The average molecular weight is 314 g/mol. The quantitative estimate of drug-likeness (QED) is 0.627. The first-order valence-corrected chi connectivity index (χ1v) is 7.58. The third-order valence-electron chi connectivity index (χ3n) is 3.66. The zero-order valence-corrected chi connectivity index (χ0v) is 12.8. The van der Waals surface area contributed by atoms with E-state index in [2.05, 4.69) is 15.5 Å². The summed E-state index contributed by atoms with van der Waals surface area (Å²) in [5, 5.41) is 11.8. The van der Waals surface area contributed by atoms with E-state index in [4.69, 9.17) is 0 Å². The van der Waals surface area contributed by atoms with E-state index < -0.39 is 0 Å². The monoisotopic (exact) mass is 314 g/mol. The Balaban J connectivity index is 1.63. The molecule has 0 saturated heterocycles. The number of benzene rings is 3. The van der Waals surface area contributed by atoms with Crippen molar-refractivity contribution < 1.29 is 4.79 Å². The number of hydrogen-bond acceptors (Lipinski definition) is 3. The van der Waals surface area contributed by atoms with Crippen LogP contribution in [0, 0.1) is 0 Å². The Morgan fingerprint density at radius 3 is 2.21 bits per heavy atom. The van der Waals surface area contributed by atoms with E-state index in [0.29, 0.717) is 11.3 Å². The second kappa shape index (κ2) is 5.96. The minimum Gasteiger partial charge on any atom is -0.322 e. The van der Waals surface area contributed by atoms with E-state index in [9.17, 15) is 4.79 Å². The normalized spacial score (nSPS) is 10.7. The molecule has 0 aliphatic carbocycles. The summed E-state index contributed by atoms with van der Waals surface area (Å²) in [5.41, 5.74) is 3.70. The lowest BCUT2D eigenvalue weighted by atomic mass is 10.2. The van der Waals surface area contributed by atoms with Gasteiger partial charge in [0.1, 0.15) is 11.0 Å². The third kappa shape index (κ3) is 2.75. The maximum atomic E-state index is 12.2. The van der Waals surface area contributed by atoms with Crippen LogP contribution in [0.15, 0.2) is 78.9 Å². The van der Waals surface area contributed by atoms with Crippen LogP contribution in [0.5, 0.6) is 0 Å². The van der Waals surface area contributed by atoms with Gasteiger partial charge in [-0.05, 0) is 42.5 Å². The summed E-state index contributed by atoms with van der Waals surface area (Å²) in [6.07, 6.45) is 0. The zero-order chi connectivity index (χ0) is 16.4. The van der Waals surface area contributed by atoms with Crippen molar-refractivity contribution >= 4 is 22.6 Å². The molecule has 1 heterocycles. The van der Waals surface area contributed by atoms with Crippen LogP contribution < -0.4 is 5.32 Å². The van der Waals surface area contributed by atoms with Gasteiger partial charge in [0.25, 0.3) is 5.91 Å². The number of nitrogens with zero attached hydrogens (tertiary/aromatic N) is 3. The number of aromatic nitrogens is 3. The Bertz CT molecular complexity index is 994. The standard InChI is InChI=1S/C19H14N4O/c24-19(14-7-3-1-4-8-14)20-15-11-12-17-18(13-15)22-23(21-17)16-9-5-2-6-10-16/h1-13H,(H,20,24). The maximum Gasteiger partial charge on any atom is 0.255 e. The van der Waals surface area contributed by atoms with Crippen molar-refractivity contribution in [2.24, 2.45) is 0 Å². The van der Waals surface area contributed by atoms with Crippen LogP contribution in [0.1, 0.15) is 10.4 Å². The molecule has 0 unspecified atom stereocenters. The molecular formula is C19H14N4O. The van der Waals surface area contributed by atoms with Gasteiger partial charge in [-0.2, -0.15) is 4.80 Å². The van der Waals surface area contributed by atoms with Crippen LogP contribution in [0.25, 0.3) is 16.7 Å². The van der Waals surface area contributed by atoms with E-state index >= 15 is 0 Å². The summed E-state index contributed by atoms with van der Waals surface area (Å²) < 4.78 is 0. The summed E-state index contributed by atoms with van der Waals surface area (Å²) in [4.78, 5) is 13.8. The number of nitrogens with one attached hydrogen (secondary N) is 1. The van der Waals surface area contributed by atoms with E-state index in [-0.39, 0.29) is 5.91 Å². The van der Waals surface area contributed by atoms with Gasteiger partial charge in [0, 0.05) is 11.3 Å². The molecule has 0 atom stereocenters. The van der Waals surface area contributed by atoms with Crippen molar-refractivity contribution in [3.05, 3.63) is 84.4 Å². The first kappa shape index (κ1) is 14.1. The Morgan fingerprint density at radius 1 is 0.792 bits per heavy atom. The third-order valence-corrected chi connectivity index (χ3v) is 3.66. The zero-order valence-electron chi connectivity index (χ0n) is 12.8. The number of fused-ring (bicyclic) bond motifs is 1. The van der Waals surface area contributed by atoms with Crippen LogP contribution in [0.4, 0.5) is 5.69 Å². The number of rotatable bonds is 3. The number of carbonyl (C=O) groups is 1. The Kier molecular flexibility index (Phi) is 3.51. The lowest BCUT2D eigenvalue weighted by molar-refractivity contribution is 0.102. The Morgan fingerprint density at radius 2 is 1.46 bits per heavy atom. The molecule has 0 bridgehead atoms. The van der Waals surface area contributed by atoms with E-state index in [1.54, 1.807) is 16.9 Å². The molecule has 0 saturated carbocycles. The average Bonchev–Trinajstić information content (AvgIpc) is 3.06. The fraction of sp³-hybridized carbons (Fsp3) is 0. The van der Waals surface area contributed by atoms with E-state index in [1.165, 1.54) is 0 Å². The molecule has 5 nitrogen and oxygen atoms in total. The highest BCUT2D eigenvalue weighted by molar-refractivity contribution is 6.04. The minimum atomic E-state index is -0.148. The van der Waals surface area contributed by atoms with Crippen molar-refractivity contribution in [2.45, 2.75) is 0 Å². The highest BCUT2D eigenvalue weighted by atomic mass is 16.1.